The van der Waals surface area contributed by atoms with Gasteiger partial charge in [0.25, 0.3) is 0 Å². The molecule has 1 aromatic carbocycles. The number of nitrogens with two attached hydrogens (primary N) is 1. The van der Waals surface area contributed by atoms with E-state index in [1.54, 1.807) is 0 Å². The number of benzene rings is 1. The number of hydrogen-bond acceptors (Lipinski definition) is 3. The molecule has 0 fully saturated rings. The van der Waals surface area contributed by atoms with E-state index in [0.717, 1.165) is 40.9 Å². The number of hydrogen-bond donors (Lipinski definition) is 2. The second-order valence-electron chi connectivity index (χ2n) is 5.20. The molecule has 18 heavy (non-hydrogen) atoms. The molecule has 0 aliphatic carbocycles. The number of aryl methyl sites for hydroxylation is 1. The van der Waals surface area contributed by atoms with Gasteiger partial charge in [0, 0.05) is 29.0 Å². The van der Waals surface area contributed by atoms with Gasteiger partial charge in [-0.1, -0.05) is 13.8 Å². The Morgan fingerprint density at radius 1 is 1.28 bits per heavy atom. The summed E-state index contributed by atoms with van der Waals surface area (Å²) >= 11 is 0. The fourth-order valence-corrected chi connectivity index (χ4v) is 2.02. The molecule has 0 aliphatic rings. The molecule has 2 aromatic rings. The summed E-state index contributed by atoms with van der Waals surface area (Å²) in [6.07, 6.45) is 1.16. The van der Waals surface area contributed by atoms with Crippen molar-refractivity contribution in [1.29, 1.82) is 0 Å². The van der Waals surface area contributed by atoms with E-state index in [1.165, 1.54) is 0 Å². The van der Waals surface area contributed by atoms with Gasteiger partial charge in [0.2, 0.25) is 0 Å². The minimum atomic E-state index is 0.705. The Hall–Kier alpha value is -1.77. The Labute approximate surface area is 108 Å². The molecule has 0 amide bonds. The predicted molar refractivity (Wildman–Crippen MR) is 78.8 cm³/mol. The van der Waals surface area contributed by atoms with Crippen LogP contribution in [0.3, 0.4) is 0 Å². The number of nitrogen functional groups attached to an aromatic ring is 1. The minimum Gasteiger partial charge on any atom is -0.399 e. The number of anilines is 2. The van der Waals surface area contributed by atoms with Gasteiger partial charge in [0.1, 0.15) is 0 Å². The van der Waals surface area contributed by atoms with Crippen molar-refractivity contribution in [3.63, 3.8) is 0 Å². The zero-order valence-corrected chi connectivity index (χ0v) is 11.3. The zero-order valence-electron chi connectivity index (χ0n) is 11.3. The van der Waals surface area contributed by atoms with E-state index in [1.807, 2.05) is 25.1 Å². The van der Waals surface area contributed by atoms with Crippen LogP contribution in [0, 0.1) is 12.8 Å². The van der Waals surface area contributed by atoms with Crippen LogP contribution in [0.2, 0.25) is 0 Å². The van der Waals surface area contributed by atoms with Crippen molar-refractivity contribution >= 4 is 22.3 Å². The summed E-state index contributed by atoms with van der Waals surface area (Å²) in [5, 5.41) is 4.59. The van der Waals surface area contributed by atoms with Crippen molar-refractivity contribution in [2.24, 2.45) is 5.92 Å². The number of fused-ring (bicyclic) bond motifs is 1. The molecule has 0 saturated carbocycles. The van der Waals surface area contributed by atoms with E-state index < -0.39 is 0 Å². The van der Waals surface area contributed by atoms with Gasteiger partial charge in [-0.2, -0.15) is 0 Å². The molecule has 0 atom stereocenters. The predicted octanol–water partition coefficient (Wildman–Crippen LogP) is 3.58. The zero-order chi connectivity index (χ0) is 13.1. The van der Waals surface area contributed by atoms with Crippen molar-refractivity contribution in [3.8, 4) is 0 Å². The lowest BCUT2D eigenvalue weighted by Crippen LogP contribution is -2.06. The first-order valence-corrected chi connectivity index (χ1v) is 6.47. The van der Waals surface area contributed by atoms with Crippen LogP contribution in [0.5, 0.6) is 0 Å². The molecule has 0 saturated heterocycles. The van der Waals surface area contributed by atoms with Crippen molar-refractivity contribution in [1.82, 2.24) is 4.98 Å². The molecule has 3 N–H and O–H groups in total. The SMILES string of the molecule is Cc1cc(NCCC(C)C)c2cc(N)ccc2n1. The van der Waals surface area contributed by atoms with Crippen LogP contribution >= 0.6 is 0 Å². The summed E-state index contributed by atoms with van der Waals surface area (Å²) in [6, 6.07) is 7.94. The molecule has 3 nitrogen and oxygen atoms in total. The van der Waals surface area contributed by atoms with Crippen LogP contribution in [0.25, 0.3) is 10.9 Å². The first kappa shape index (κ1) is 12.7. The Kier molecular flexibility index (Phi) is 3.70. The largest absolute Gasteiger partial charge is 0.399 e. The number of pyridine rings is 1. The quantitative estimate of drug-likeness (QED) is 0.807. The van der Waals surface area contributed by atoms with E-state index in [9.17, 15) is 0 Å². The maximum absolute atomic E-state index is 5.85. The van der Waals surface area contributed by atoms with Gasteiger partial charge in [-0.25, -0.2) is 0 Å². The van der Waals surface area contributed by atoms with Gasteiger partial charge in [0.15, 0.2) is 0 Å². The lowest BCUT2D eigenvalue weighted by atomic mass is 10.1. The summed E-state index contributed by atoms with van der Waals surface area (Å²) in [4.78, 5) is 4.53. The van der Waals surface area contributed by atoms with Gasteiger partial charge in [-0.3, -0.25) is 4.98 Å². The number of nitrogens with zero attached hydrogens (tertiary/aromatic N) is 1. The number of rotatable bonds is 4. The Morgan fingerprint density at radius 3 is 2.78 bits per heavy atom. The molecule has 0 aliphatic heterocycles. The topological polar surface area (TPSA) is 50.9 Å². The number of aromatic nitrogens is 1. The van der Waals surface area contributed by atoms with Crippen LogP contribution in [-0.2, 0) is 0 Å². The van der Waals surface area contributed by atoms with E-state index in [0.29, 0.717) is 5.92 Å². The third-order valence-electron chi connectivity index (χ3n) is 3.00. The summed E-state index contributed by atoms with van der Waals surface area (Å²) < 4.78 is 0. The van der Waals surface area contributed by atoms with Crippen LogP contribution in [0.15, 0.2) is 24.3 Å². The highest BCUT2D eigenvalue weighted by Crippen LogP contribution is 2.25. The Morgan fingerprint density at radius 2 is 2.06 bits per heavy atom. The normalized spacial score (nSPS) is 11.1. The molecular formula is C15H21N3. The highest BCUT2D eigenvalue weighted by atomic mass is 14.9. The smallest absolute Gasteiger partial charge is 0.0727 e. The second-order valence-corrected chi connectivity index (χ2v) is 5.20. The Bertz CT molecular complexity index is 547. The van der Waals surface area contributed by atoms with Crippen LogP contribution < -0.4 is 11.1 Å². The Balaban J connectivity index is 2.32. The van der Waals surface area contributed by atoms with Crippen LogP contribution in [-0.4, -0.2) is 11.5 Å². The first-order valence-electron chi connectivity index (χ1n) is 6.47. The molecule has 1 heterocycles. The monoisotopic (exact) mass is 243 g/mol. The molecule has 0 radical (unpaired) electrons. The third kappa shape index (κ3) is 2.92. The van der Waals surface area contributed by atoms with Crippen molar-refractivity contribution in [3.05, 3.63) is 30.0 Å². The van der Waals surface area contributed by atoms with Gasteiger partial charge in [-0.05, 0) is 43.5 Å². The van der Waals surface area contributed by atoms with E-state index in [-0.39, 0.29) is 0 Å². The van der Waals surface area contributed by atoms with Gasteiger partial charge in [0.05, 0.1) is 5.52 Å². The van der Waals surface area contributed by atoms with Gasteiger partial charge in [-0.15, -0.1) is 0 Å². The van der Waals surface area contributed by atoms with Crippen LogP contribution in [0.4, 0.5) is 11.4 Å². The van der Waals surface area contributed by atoms with Crippen molar-refractivity contribution in [2.75, 3.05) is 17.6 Å². The van der Waals surface area contributed by atoms with Gasteiger partial charge < -0.3 is 11.1 Å². The molecule has 2 rings (SSSR count). The van der Waals surface area contributed by atoms with Gasteiger partial charge >= 0.3 is 0 Å². The molecule has 0 unspecified atom stereocenters. The standard InChI is InChI=1S/C15H21N3/c1-10(2)6-7-17-15-8-11(3)18-14-5-4-12(16)9-13(14)15/h4-5,8-10H,6-7,16H2,1-3H3,(H,17,18). The lowest BCUT2D eigenvalue weighted by molar-refractivity contribution is 0.607. The van der Waals surface area contributed by atoms with Crippen LogP contribution in [0.1, 0.15) is 26.0 Å². The summed E-state index contributed by atoms with van der Waals surface area (Å²) in [5.74, 6) is 0.705. The first-order chi connectivity index (χ1) is 8.56. The lowest BCUT2D eigenvalue weighted by Gasteiger charge is -2.12. The third-order valence-corrected chi connectivity index (χ3v) is 3.00. The second kappa shape index (κ2) is 5.25. The minimum absolute atomic E-state index is 0.705. The average molecular weight is 243 g/mol. The maximum Gasteiger partial charge on any atom is 0.0727 e. The summed E-state index contributed by atoms with van der Waals surface area (Å²) in [6.45, 7) is 7.46. The van der Waals surface area contributed by atoms with Crippen molar-refractivity contribution < 1.29 is 0 Å². The fourth-order valence-electron chi connectivity index (χ4n) is 2.02. The summed E-state index contributed by atoms with van der Waals surface area (Å²) in [5.41, 5.74) is 9.78. The maximum atomic E-state index is 5.85. The molecule has 1 aromatic heterocycles. The molecular weight excluding hydrogens is 222 g/mol. The average Bonchev–Trinajstić information content (AvgIpc) is 2.29. The van der Waals surface area contributed by atoms with E-state index in [2.05, 4.69) is 30.2 Å². The summed E-state index contributed by atoms with van der Waals surface area (Å²) in [7, 11) is 0. The highest BCUT2D eigenvalue weighted by molar-refractivity contribution is 5.93. The molecule has 3 heteroatoms. The molecule has 0 bridgehead atoms. The fraction of sp³-hybridized carbons (Fsp3) is 0.400. The highest BCUT2D eigenvalue weighted by Gasteiger charge is 2.04. The van der Waals surface area contributed by atoms with E-state index in [4.69, 9.17) is 5.73 Å². The molecule has 0 spiro atoms. The van der Waals surface area contributed by atoms with E-state index >= 15 is 0 Å². The number of nitrogens with one attached hydrogen (secondary N) is 1. The molecule has 96 valence electrons. The van der Waals surface area contributed by atoms with Crippen molar-refractivity contribution in [2.45, 2.75) is 27.2 Å².